The normalized spacial score (nSPS) is 17.7. The summed E-state index contributed by atoms with van der Waals surface area (Å²) in [6.07, 6.45) is -7.05. The van der Waals surface area contributed by atoms with Crippen LogP contribution in [0.25, 0.3) is 0 Å². The van der Waals surface area contributed by atoms with Gasteiger partial charge in [-0.2, -0.15) is 0 Å². The topological polar surface area (TPSA) is 194 Å². The van der Waals surface area contributed by atoms with Gasteiger partial charge in [-0.15, -0.1) is 0 Å². The summed E-state index contributed by atoms with van der Waals surface area (Å²) >= 11 is 0. The largest absolute Gasteiger partial charge is 0.475 e. The minimum atomic E-state index is -1.94. The first kappa shape index (κ1) is 21.4. The van der Waals surface area contributed by atoms with Crippen molar-refractivity contribution in [3.63, 3.8) is 0 Å². The van der Waals surface area contributed by atoms with Crippen molar-refractivity contribution in [3.05, 3.63) is 0 Å². The molecule has 0 unspecified atom stereocenters. The third-order valence-corrected chi connectivity index (χ3v) is 3.08. The van der Waals surface area contributed by atoms with Crippen molar-refractivity contribution < 1.29 is 49.8 Å². The fourth-order valence-corrected chi connectivity index (χ4v) is 1.78. The van der Waals surface area contributed by atoms with Crippen LogP contribution in [0.4, 0.5) is 0 Å². The van der Waals surface area contributed by atoms with Crippen LogP contribution in [-0.2, 0) is 19.1 Å². The molecule has 0 aliphatic heterocycles. The second-order valence-electron chi connectivity index (χ2n) is 4.69. The van der Waals surface area contributed by atoms with Crippen molar-refractivity contribution in [1.82, 2.24) is 5.32 Å². The van der Waals surface area contributed by atoms with Crippen molar-refractivity contribution >= 4 is 17.7 Å². The molecule has 0 saturated heterocycles. The Labute approximate surface area is 131 Å². The average Bonchev–Trinajstić information content (AvgIpc) is 2.52. The molecule has 0 spiro atoms. The SMILES string of the molecule is CO[C@H](CO)[C@@H](O)[C@H](O)C[C@H](O)[C@@H](NC(=O)CO)C(=O)C(=O)O. The number of aliphatic hydroxyl groups excluding tert-OH is 5. The number of aliphatic hydroxyl groups is 5. The number of hydrogen-bond donors (Lipinski definition) is 7. The first-order valence-corrected chi connectivity index (χ1v) is 6.54. The molecule has 0 heterocycles. The number of ketones is 1. The molecule has 0 aliphatic rings. The molecule has 0 rings (SSSR count). The molecular formula is C12H21NO10. The van der Waals surface area contributed by atoms with E-state index in [1.807, 2.05) is 0 Å². The van der Waals surface area contributed by atoms with Gasteiger partial charge in [-0.3, -0.25) is 9.59 Å². The Morgan fingerprint density at radius 1 is 1.09 bits per heavy atom. The highest BCUT2D eigenvalue weighted by Crippen LogP contribution is 2.12. The van der Waals surface area contributed by atoms with E-state index in [4.69, 9.17) is 15.3 Å². The lowest BCUT2D eigenvalue weighted by Gasteiger charge is -2.28. The molecule has 11 heteroatoms. The maximum absolute atomic E-state index is 11.5. The highest BCUT2D eigenvalue weighted by molar-refractivity contribution is 6.35. The monoisotopic (exact) mass is 339 g/mol. The Hall–Kier alpha value is -1.63. The molecule has 23 heavy (non-hydrogen) atoms. The molecular weight excluding hydrogens is 318 g/mol. The van der Waals surface area contributed by atoms with Gasteiger partial charge in [0.15, 0.2) is 0 Å². The average molecular weight is 339 g/mol. The Kier molecular flexibility index (Phi) is 9.48. The number of methoxy groups -OCH3 is 1. The quantitative estimate of drug-likeness (QED) is 0.181. The first-order valence-electron chi connectivity index (χ1n) is 6.54. The van der Waals surface area contributed by atoms with E-state index in [1.54, 1.807) is 5.32 Å². The lowest BCUT2D eigenvalue weighted by atomic mass is 9.96. The van der Waals surface area contributed by atoms with Crippen LogP contribution < -0.4 is 5.32 Å². The number of carbonyl (C=O) groups excluding carboxylic acids is 2. The summed E-state index contributed by atoms with van der Waals surface area (Å²) in [6.45, 7) is -1.68. The third kappa shape index (κ3) is 6.56. The predicted molar refractivity (Wildman–Crippen MR) is 72.2 cm³/mol. The number of amides is 1. The van der Waals surface area contributed by atoms with Crippen molar-refractivity contribution in [2.24, 2.45) is 0 Å². The lowest BCUT2D eigenvalue weighted by Crippen LogP contribution is -2.54. The highest BCUT2D eigenvalue weighted by Gasteiger charge is 2.36. The van der Waals surface area contributed by atoms with Crippen molar-refractivity contribution in [2.75, 3.05) is 20.3 Å². The molecule has 134 valence electrons. The molecule has 11 nitrogen and oxygen atoms in total. The summed E-state index contributed by atoms with van der Waals surface area (Å²) in [7, 11) is 1.16. The molecule has 0 aromatic heterocycles. The summed E-state index contributed by atoms with van der Waals surface area (Å²) < 4.78 is 4.69. The van der Waals surface area contributed by atoms with Gasteiger partial charge in [0.05, 0.1) is 18.8 Å². The van der Waals surface area contributed by atoms with Crippen molar-refractivity contribution in [3.8, 4) is 0 Å². The van der Waals surface area contributed by atoms with Crippen LogP contribution in [0.3, 0.4) is 0 Å². The van der Waals surface area contributed by atoms with Gasteiger partial charge in [-0.05, 0) is 0 Å². The second-order valence-corrected chi connectivity index (χ2v) is 4.69. The number of carbonyl (C=O) groups is 3. The predicted octanol–water partition coefficient (Wildman–Crippen LogP) is -4.40. The number of carboxylic acid groups (broad SMARTS) is 1. The molecule has 0 aromatic carbocycles. The van der Waals surface area contributed by atoms with Crippen LogP contribution in [0.1, 0.15) is 6.42 Å². The summed E-state index contributed by atoms with van der Waals surface area (Å²) in [4.78, 5) is 33.3. The molecule has 0 aliphatic carbocycles. The van der Waals surface area contributed by atoms with E-state index >= 15 is 0 Å². The number of nitrogens with one attached hydrogen (secondary N) is 1. The Bertz CT molecular complexity index is 411. The molecule has 0 radical (unpaired) electrons. The van der Waals surface area contributed by atoms with Crippen LogP contribution in [0.15, 0.2) is 0 Å². The minimum Gasteiger partial charge on any atom is -0.475 e. The van der Waals surface area contributed by atoms with E-state index in [-0.39, 0.29) is 0 Å². The smallest absolute Gasteiger partial charge is 0.374 e. The zero-order valence-corrected chi connectivity index (χ0v) is 12.3. The van der Waals surface area contributed by atoms with Gasteiger partial charge in [-0.1, -0.05) is 0 Å². The lowest BCUT2D eigenvalue weighted by molar-refractivity contribution is -0.153. The van der Waals surface area contributed by atoms with Crippen molar-refractivity contribution in [1.29, 1.82) is 0 Å². The van der Waals surface area contributed by atoms with E-state index in [1.165, 1.54) is 0 Å². The van der Waals surface area contributed by atoms with Crippen LogP contribution in [0.5, 0.6) is 0 Å². The molecule has 1 amide bonds. The fraction of sp³-hybridized carbons (Fsp3) is 0.750. The van der Waals surface area contributed by atoms with Crippen LogP contribution in [-0.4, -0.2) is 99.1 Å². The van der Waals surface area contributed by atoms with Crippen LogP contribution >= 0.6 is 0 Å². The van der Waals surface area contributed by atoms with E-state index < -0.39 is 67.8 Å². The van der Waals surface area contributed by atoms with Gasteiger partial charge in [-0.25, -0.2) is 4.79 Å². The van der Waals surface area contributed by atoms with Gasteiger partial charge < -0.3 is 40.7 Å². The standard InChI is InChI=1S/C12H21NO10/c1-23-7(3-14)10(19)6(17)2-5(16)9(11(20)12(21)22)13-8(18)4-15/h5-7,9-10,14-17,19H,2-4H2,1H3,(H,13,18)(H,21,22)/t5-,6+,7+,9+,10-/m0/s1. The second kappa shape index (κ2) is 10.2. The van der Waals surface area contributed by atoms with E-state index in [2.05, 4.69) is 4.74 Å². The number of aliphatic carboxylic acids is 1. The van der Waals surface area contributed by atoms with Crippen LogP contribution in [0.2, 0.25) is 0 Å². The molecule has 5 atom stereocenters. The molecule has 0 fully saturated rings. The van der Waals surface area contributed by atoms with Crippen LogP contribution in [0, 0.1) is 0 Å². The Morgan fingerprint density at radius 2 is 1.65 bits per heavy atom. The van der Waals surface area contributed by atoms with E-state index in [9.17, 15) is 29.7 Å². The fourth-order valence-electron chi connectivity index (χ4n) is 1.78. The number of hydrogen-bond acceptors (Lipinski definition) is 9. The molecule has 0 saturated carbocycles. The van der Waals surface area contributed by atoms with E-state index in [0.29, 0.717) is 0 Å². The summed E-state index contributed by atoms with van der Waals surface area (Å²) in [5, 5.41) is 57.3. The van der Waals surface area contributed by atoms with Gasteiger partial charge in [0.1, 0.15) is 24.9 Å². The maximum Gasteiger partial charge on any atom is 0.374 e. The number of carboxylic acids is 1. The van der Waals surface area contributed by atoms with Gasteiger partial charge in [0, 0.05) is 13.5 Å². The minimum absolute atomic E-state index is 0.635. The highest BCUT2D eigenvalue weighted by atomic mass is 16.5. The third-order valence-electron chi connectivity index (χ3n) is 3.08. The number of ether oxygens (including phenoxy) is 1. The zero-order valence-electron chi connectivity index (χ0n) is 12.3. The summed E-state index contributed by atoms with van der Waals surface area (Å²) in [5.74, 6) is -4.61. The van der Waals surface area contributed by atoms with Gasteiger partial charge in [0.2, 0.25) is 5.91 Å². The Morgan fingerprint density at radius 3 is 2.04 bits per heavy atom. The maximum atomic E-state index is 11.5. The van der Waals surface area contributed by atoms with Gasteiger partial charge >= 0.3 is 5.97 Å². The van der Waals surface area contributed by atoms with Gasteiger partial charge in [0.25, 0.3) is 5.78 Å². The first-order chi connectivity index (χ1) is 10.7. The molecule has 7 N–H and O–H groups in total. The van der Waals surface area contributed by atoms with E-state index in [0.717, 1.165) is 7.11 Å². The molecule has 0 bridgehead atoms. The molecule has 0 aromatic rings. The zero-order chi connectivity index (χ0) is 18.2. The Balaban J connectivity index is 5.01. The number of rotatable bonds is 11. The number of Topliss-reactive ketones (excluding diaryl/α,β-unsaturated/α-hetero) is 1. The summed E-state index contributed by atoms with van der Waals surface area (Å²) in [6, 6.07) is -1.93. The van der Waals surface area contributed by atoms with Crippen molar-refractivity contribution in [2.45, 2.75) is 36.9 Å². The summed E-state index contributed by atoms with van der Waals surface area (Å²) in [5.41, 5.74) is 0.